The van der Waals surface area contributed by atoms with Gasteiger partial charge in [0.2, 0.25) is 0 Å². The molecule has 25 heavy (non-hydrogen) atoms. The molecule has 130 valence electrons. The van der Waals surface area contributed by atoms with Gasteiger partial charge in [0, 0.05) is 40.9 Å². The highest BCUT2D eigenvalue weighted by molar-refractivity contribution is 7.98. The minimum atomic E-state index is -0.331. The van der Waals surface area contributed by atoms with Crippen LogP contribution in [0, 0.1) is 0 Å². The highest BCUT2D eigenvalue weighted by Gasteiger charge is 2.29. The van der Waals surface area contributed by atoms with E-state index < -0.39 is 0 Å². The number of methoxy groups -OCH3 is 1. The molecular formula is C19H17FO4S. The first-order valence-corrected chi connectivity index (χ1v) is 8.96. The molecule has 0 radical (unpaired) electrons. The molecule has 0 bridgehead atoms. The first-order valence-electron chi connectivity index (χ1n) is 7.81. The molecule has 6 heteroatoms. The lowest BCUT2D eigenvalue weighted by Crippen LogP contribution is -2.21. The molecule has 1 unspecified atom stereocenters. The molecule has 2 aromatic rings. The Bertz CT molecular complexity index is 806. The second-order valence-electron chi connectivity index (χ2n) is 5.73. The van der Waals surface area contributed by atoms with Crippen LogP contribution in [0.4, 0.5) is 4.53 Å². The minimum absolute atomic E-state index is 0.114. The van der Waals surface area contributed by atoms with E-state index in [4.69, 9.17) is 4.74 Å². The van der Waals surface area contributed by atoms with Crippen LogP contribution in [0.5, 0.6) is 0 Å². The Morgan fingerprint density at radius 1 is 1.00 bits per heavy atom. The van der Waals surface area contributed by atoms with Crippen molar-refractivity contribution in [3.05, 3.63) is 70.3 Å². The monoisotopic (exact) mass is 360 g/mol. The van der Waals surface area contributed by atoms with Crippen LogP contribution in [0.3, 0.4) is 0 Å². The molecule has 0 amide bonds. The van der Waals surface area contributed by atoms with Crippen LogP contribution in [-0.4, -0.2) is 37.1 Å². The first kappa shape index (κ1) is 17.8. The number of thioether (sulfide) groups is 1. The molecule has 0 saturated carbocycles. The molecule has 0 spiro atoms. The smallest absolute Gasteiger partial charge is 0.194 e. The van der Waals surface area contributed by atoms with Crippen LogP contribution in [0.1, 0.15) is 37.4 Å². The summed E-state index contributed by atoms with van der Waals surface area (Å²) >= 11 is 1.55. The summed E-state index contributed by atoms with van der Waals surface area (Å²) in [6.45, 7) is -0.114. The van der Waals surface area contributed by atoms with E-state index in [1.165, 1.54) is 7.11 Å². The molecule has 3 rings (SSSR count). The van der Waals surface area contributed by atoms with Crippen LogP contribution in [-0.2, 0) is 15.4 Å². The predicted octanol–water partition coefficient (Wildman–Crippen LogP) is 3.61. The summed E-state index contributed by atoms with van der Waals surface area (Å²) in [6, 6.07) is 12.2. The van der Waals surface area contributed by atoms with Gasteiger partial charge in [-0.2, -0.15) is 16.7 Å². The number of benzene rings is 2. The molecule has 1 aliphatic carbocycles. The number of fused-ring (bicyclic) bond motifs is 2. The van der Waals surface area contributed by atoms with Crippen LogP contribution >= 0.6 is 11.8 Å². The summed E-state index contributed by atoms with van der Waals surface area (Å²) in [6.07, 6.45) is -0.331. The van der Waals surface area contributed by atoms with Crippen LogP contribution in [0.2, 0.25) is 0 Å². The zero-order valence-electron chi connectivity index (χ0n) is 13.7. The average Bonchev–Trinajstić information content (AvgIpc) is 2.65. The van der Waals surface area contributed by atoms with Gasteiger partial charge in [0.25, 0.3) is 0 Å². The highest BCUT2D eigenvalue weighted by atomic mass is 32.2. The van der Waals surface area contributed by atoms with E-state index in [0.29, 0.717) is 33.8 Å². The maximum absolute atomic E-state index is 12.7. The Morgan fingerprint density at radius 3 is 2.28 bits per heavy atom. The number of ether oxygens (including phenoxy) is 1. The maximum Gasteiger partial charge on any atom is 0.194 e. The Balaban J connectivity index is 1.76. The van der Waals surface area contributed by atoms with E-state index in [0.717, 1.165) is 5.56 Å². The number of hydrogen-bond donors (Lipinski definition) is 0. The van der Waals surface area contributed by atoms with E-state index in [9.17, 15) is 14.1 Å². The average molecular weight is 360 g/mol. The summed E-state index contributed by atoms with van der Waals surface area (Å²) in [5.41, 5.74) is 2.72. The summed E-state index contributed by atoms with van der Waals surface area (Å²) in [5.74, 6) is 0.942. The van der Waals surface area contributed by atoms with Gasteiger partial charge < -0.3 is 4.74 Å². The van der Waals surface area contributed by atoms with E-state index >= 15 is 0 Å². The molecule has 0 fully saturated rings. The first-order chi connectivity index (χ1) is 12.2. The molecule has 4 nitrogen and oxygen atoms in total. The lowest BCUT2D eigenvalue weighted by molar-refractivity contribution is -0.158. The number of ketones is 2. The van der Waals surface area contributed by atoms with Crippen molar-refractivity contribution in [1.82, 2.24) is 0 Å². The molecule has 0 heterocycles. The van der Waals surface area contributed by atoms with Gasteiger partial charge in [-0.1, -0.05) is 30.3 Å². The Hall–Kier alpha value is -2.02. The molecule has 0 aliphatic heterocycles. The fraction of sp³-hybridized carbons (Fsp3) is 0.263. The second kappa shape index (κ2) is 7.91. The van der Waals surface area contributed by atoms with Crippen molar-refractivity contribution in [2.24, 2.45) is 0 Å². The largest absolute Gasteiger partial charge is 0.378 e. The summed E-state index contributed by atoms with van der Waals surface area (Å²) < 4.78 is 17.0. The van der Waals surface area contributed by atoms with Gasteiger partial charge in [-0.3, -0.25) is 9.59 Å². The van der Waals surface area contributed by atoms with Crippen LogP contribution < -0.4 is 0 Å². The molecule has 1 atom stereocenters. The van der Waals surface area contributed by atoms with Crippen molar-refractivity contribution in [1.29, 1.82) is 0 Å². The van der Waals surface area contributed by atoms with Gasteiger partial charge in [-0.25, -0.2) is 0 Å². The topological polar surface area (TPSA) is 52.6 Å². The van der Waals surface area contributed by atoms with Gasteiger partial charge in [-0.05, 0) is 22.2 Å². The van der Waals surface area contributed by atoms with Crippen molar-refractivity contribution in [3.8, 4) is 0 Å². The SMILES string of the molecule is COC(COF)CSCc1ccc2c(c1)C(=O)c1ccccc1C2=O. The van der Waals surface area contributed by atoms with Gasteiger partial charge in [0.1, 0.15) is 6.61 Å². The molecule has 1 aliphatic rings. The zero-order chi connectivity index (χ0) is 17.8. The molecule has 0 saturated heterocycles. The van der Waals surface area contributed by atoms with Crippen molar-refractivity contribution in [3.63, 3.8) is 0 Å². The van der Waals surface area contributed by atoms with Crippen molar-refractivity contribution in [2.75, 3.05) is 19.5 Å². The lowest BCUT2D eigenvalue weighted by Gasteiger charge is -2.18. The Labute approximate surface area is 149 Å². The van der Waals surface area contributed by atoms with Crippen LogP contribution in [0.15, 0.2) is 42.5 Å². The fourth-order valence-corrected chi connectivity index (χ4v) is 3.83. The van der Waals surface area contributed by atoms with Gasteiger partial charge >= 0.3 is 0 Å². The van der Waals surface area contributed by atoms with Gasteiger partial charge in [0.15, 0.2) is 11.6 Å². The zero-order valence-corrected chi connectivity index (χ0v) is 14.5. The fourth-order valence-electron chi connectivity index (χ4n) is 2.80. The van der Waals surface area contributed by atoms with Crippen LogP contribution in [0.25, 0.3) is 0 Å². The summed E-state index contributed by atoms with van der Waals surface area (Å²) in [7, 11) is 1.50. The third-order valence-corrected chi connectivity index (χ3v) is 5.29. The third-order valence-electron chi connectivity index (χ3n) is 4.14. The number of halogens is 1. The van der Waals surface area contributed by atoms with Gasteiger partial charge in [0.05, 0.1) is 6.10 Å². The summed E-state index contributed by atoms with van der Waals surface area (Å²) in [4.78, 5) is 28.8. The van der Waals surface area contributed by atoms with Crippen molar-refractivity contribution >= 4 is 23.3 Å². The molecule has 0 N–H and O–H groups in total. The van der Waals surface area contributed by atoms with E-state index in [2.05, 4.69) is 4.94 Å². The Kier molecular flexibility index (Phi) is 5.63. The lowest BCUT2D eigenvalue weighted by atomic mass is 9.83. The van der Waals surface area contributed by atoms with Gasteiger partial charge in [-0.15, -0.1) is 0 Å². The van der Waals surface area contributed by atoms with E-state index in [1.807, 2.05) is 6.07 Å². The standard InChI is InChI=1S/C19H17FO4S/c1-23-13(9-24-20)11-25-10-12-6-7-16-17(8-12)19(22)15-5-3-2-4-14(15)18(16)21/h2-8,13H,9-11H2,1H3. The summed E-state index contributed by atoms with van der Waals surface area (Å²) in [5, 5.41) is 0. The molecular weight excluding hydrogens is 343 g/mol. The minimum Gasteiger partial charge on any atom is -0.378 e. The number of carbonyl (C=O) groups excluding carboxylic acids is 2. The van der Waals surface area contributed by atoms with E-state index in [-0.39, 0.29) is 24.3 Å². The molecule has 0 aromatic heterocycles. The number of carbonyl (C=O) groups is 2. The second-order valence-corrected chi connectivity index (χ2v) is 6.76. The number of hydrogen-bond acceptors (Lipinski definition) is 5. The number of rotatable bonds is 7. The maximum atomic E-state index is 12.7. The quantitative estimate of drug-likeness (QED) is 0.644. The Morgan fingerprint density at radius 2 is 1.64 bits per heavy atom. The van der Waals surface area contributed by atoms with Crippen molar-refractivity contribution < 1.29 is 23.8 Å². The van der Waals surface area contributed by atoms with Crippen molar-refractivity contribution in [2.45, 2.75) is 11.9 Å². The highest BCUT2D eigenvalue weighted by Crippen LogP contribution is 2.28. The predicted molar refractivity (Wildman–Crippen MR) is 93.8 cm³/mol. The van der Waals surface area contributed by atoms with E-state index in [1.54, 1.807) is 48.2 Å². The third kappa shape index (κ3) is 3.66. The molecule has 2 aromatic carbocycles. The normalized spacial score (nSPS) is 14.2.